The highest BCUT2D eigenvalue weighted by atomic mass is 16.5. The van der Waals surface area contributed by atoms with Gasteiger partial charge in [-0.2, -0.15) is 0 Å². The summed E-state index contributed by atoms with van der Waals surface area (Å²) >= 11 is 0. The summed E-state index contributed by atoms with van der Waals surface area (Å²) in [5, 5.41) is 9.11. The zero-order chi connectivity index (χ0) is 18.5. The second-order valence-electron chi connectivity index (χ2n) is 6.58. The Kier molecular flexibility index (Phi) is 5.78. The topological polar surface area (TPSA) is 59.0 Å². The van der Waals surface area contributed by atoms with Crippen LogP contribution < -0.4 is 9.47 Å². The van der Waals surface area contributed by atoms with Gasteiger partial charge in [-0.1, -0.05) is 24.3 Å². The lowest BCUT2D eigenvalue weighted by Crippen LogP contribution is -2.29. The van der Waals surface area contributed by atoms with E-state index in [0.717, 1.165) is 41.2 Å². The lowest BCUT2D eigenvalue weighted by atomic mass is 9.97. The summed E-state index contributed by atoms with van der Waals surface area (Å²) in [7, 11) is 3.32. The van der Waals surface area contributed by atoms with E-state index in [1.165, 1.54) is 0 Å². The van der Waals surface area contributed by atoms with Crippen LogP contribution in [0.25, 0.3) is 0 Å². The Morgan fingerprint density at radius 2 is 1.85 bits per heavy atom. The zero-order valence-corrected chi connectivity index (χ0v) is 15.3. The summed E-state index contributed by atoms with van der Waals surface area (Å²) < 4.78 is 10.8. The SMILES string of the molecule is COc1ccc(OC)c([C@H]2CCN(C(=O)Cc3ccc(CO)cc3)C2)c1. The molecule has 5 heteroatoms. The van der Waals surface area contributed by atoms with Crippen molar-refractivity contribution in [1.29, 1.82) is 0 Å². The van der Waals surface area contributed by atoms with Crippen LogP contribution in [-0.2, 0) is 17.8 Å². The number of methoxy groups -OCH3 is 2. The summed E-state index contributed by atoms with van der Waals surface area (Å²) in [6, 6.07) is 13.3. The van der Waals surface area contributed by atoms with Crippen molar-refractivity contribution in [3.8, 4) is 11.5 Å². The Morgan fingerprint density at radius 3 is 2.50 bits per heavy atom. The zero-order valence-electron chi connectivity index (χ0n) is 15.3. The monoisotopic (exact) mass is 355 g/mol. The second-order valence-corrected chi connectivity index (χ2v) is 6.58. The number of ether oxygens (including phenoxy) is 2. The van der Waals surface area contributed by atoms with Crippen LogP contribution in [0, 0.1) is 0 Å². The fourth-order valence-corrected chi connectivity index (χ4v) is 3.45. The van der Waals surface area contributed by atoms with Gasteiger partial charge in [0.15, 0.2) is 0 Å². The van der Waals surface area contributed by atoms with Gasteiger partial charge in [0.1, 0.15) is 11.5 Å². The fourth-order valence-electron chi connectivity index (χ4n) is 3.45. The maximum absolute atomic E-state index is 12.6. The van der Waals surface area contributed by atoms with Crippen molar-refractivity contribution in [2.45, 2.75) is 25.4 Å². The molecule has 5 nitrogen and oxygen atoms in total. The van der Waals surface area contributed by atoms with E-state index in [1.807, 2.05) is 47.4 Å². The van der Waals surface area contributed by atoms with Crippen LogP contribution in [0.15, 0.2) is 42.5 Å². The van der Waals surface area contributed by atoms with E-state index < -0.39 is 0 Å². The minimum atomic E-state index is 0.0183. The molecule has 1 heterocycles. The first-order valence-electron chi connectivity index (χ1n) is 8.83. The van der Waals surface area contributed by atoms with Gasteiger partial charge in [-0.05, 0) is 35.7 Å². The van der Waals surface area contributed by atoms with Gasteiger partial charge in [0, 0.05) is 24.6 Å². The number of amides is 1. The number of benzene rings is 2. The first-order valence-corrected chi connectivity index (χ1v) is 8.83. The molecule has 1 aliphatic rings. The molecule has 138 valence electrons. The number of likely N-dealkylation sites (tertiary alicyclic amines) is 1. The molecule has 3 rings (SSSR count). The minimum absolute atomic E-state index is 0.0183. The highest BCUT2D eigenvalue weighted by Crippen LogP contribution is 2.36. The third-order valence-electron chi connectivity index (χ3n) is 4.98. The smallest absolute Gasteiger partial charge is 0.227 e. The summed E-state index contributed by atoms with van der Waals surface area (Å²) in [4.78, 5) is 14.6. The molecule has 0 unspecified atom stereocenters. The normalized spacial score (nSPS) is 16.6. The van der Waals surface area contributed by atoms with Gasteiger partial charge in [-0.3, -0.25) is 4.79 Å². The van der Waals surface area contributed by atoms with E-state index in [2.05, 4.69) is 0 Å². The van der Waals surface area contributed by atoms with E-state index in [9.17, 15) is 4.79 Å². The predicted octanol–water partition coefficient (Wildman–Crippen LogP) is 2.75. The van der Waals surface area contributed by atoms with E-state index in [0.29, 0.717) is 13.0 Å². The average molecular weight is 355 g/mol. The molecule has 1 N–H and O–H groups in total. The van der Waals surface area contributed by atoms with E-state index in [1.54, 1.807) is 14.2 Å². The third-order valence-corrected chi connectivity index (χ3v) is 4.98. The number of hydrogen-bond acceptors (Lipinski definition) is 4. The van der Waals surface area contributed by atoms with Crippen LogP contribution in [0.5, 0.6) is 11.5 Å². The van der Waals surface area contributed by atoms with Gasteiger partial charge >= 0.3 is 0 Å². The summed E-state index contributed by atoms with van der Waals surface area (Å²) in [5.74, 6) is 2.02. The molecule has 1 saturated heterocycles. The van der Waals surface area contributed by atoms with Gasteiger partial charge in [0.2, 0.25) is 5.91 Å². The Labute approximate surface area is 154 Å². The Balaban J connectivity index is 1.67. The maximum atomic E-state index is 12.6. The third kappa shape index (κ3) is 3.99. The Morgan fingerprint density at radius 1 is 1.12 bits per heavy atom. The number of rotatable bonds is 6. The van der Waals surface area contributed by atoms with Crippen molar-refractivity contribution >= 4 is 5.91 Å². The molecule has 26 heavy (non-hydrogen) atoms. The molecule has 2 aromatic rings. The molecule has 1 aliphatic heterocycles. The lowest BCUT2D eigenvalue weighted by Gasteiger charge is -2.18. The van der Waals surface area contributed by atoms with Crippen molar-refractivity contribution in [1.82, 2.24) is 4.90 Å². The molecule has 1 atom stereocenters. The Hall–Kier alpha value is -2.53. The first-order chi connectivity index (χ1) is 12.6. The van der Waals surface area contributed by atoms with E-state index >= 15 is 0 Å². The number of aliphatic hydroxyl groups excluding tert-OH is 1. The molecule has 2 aromatic carbocycles. The molecule has 0 saturated carbocycles. The largest absolute Gasteiger partial charge is 0.497 e. The highest BCUT2D eigenvalue weighted by Gasteiger charge is 2.29. The van der Waals surface area contributed by atoms with E-state index in [-0.39, 0.29) is 18.4 Å². The van der Waals surface area contributed by atoms with E-state index in [4.69, 9.17) is 14.6 Å². The van der Waals surface area contributed by atoms with Gasteiger partial charge in [0.25, 0.3) is 0 Å². The molecule has 0 aromatic heterocycles. The number of carbonyl (C=O) groups excluding carboxylic acids is 1. The van der Waals surface area contributed by atoms with Gasteiger partial charge in [0.05, 0.1) is 27.2 Å². The summed E-state index contributed by atoms with van der Waals surface area (Å²) in [6.45, 7) is 1.46. The van der Waals surface area contributed by atoms with Crippen molar-refractivity contribution in [2.75, 3.05) is 27.3 Å². The van der Waals surface area contributed by atoms with Gasteiger partial charge in [-0.25, -0.2) is 0 Å². The quantitative estimate of drug-likeness (QED) is 0.866. The van der Waals surface area contributed by atoms with Crippen LogP contribution in [0.1, 0.15) is 29.0 Å². The van der Waals surface area contributed by atoms with Crippen LogP contribution in [0.4, 0.5) is 0 Å². The maximum Gasteiger partial charge on any atom is 0.227 e. The number of carbonyl (C=O) groups is 1. The minimum Gasteiger partial charge on any atom is -0.497 e. The molecular formula is C21H25NO4. The number of aliphatic hydroxyl groups is 1. The number of nitrogens with zero attached hydrogens (tertiary/aromatic N) is 1. The van der Waals surface area contributed by atoms with Crippen LogP contribution in [0.2, 0.25) is 0 Å². The molecular weight excluding hydrogens is 330 g/mol. The van der Waals surface area contributed by atoms with Crippen LogP contribution in [0.3, 0.4) is 0 Å². The lowest BCUT2D eigenvalue weighted by molar-refractivity contribution is -0.129. The molecule has 0 aliphatic carbocycles. The average Bonchev–Trinajstić information content (AvgIpc) is 3.18. The summed E-state index contributed by atoms with van der Waals surface area (Å²) in [6.07, 6.45) is 1.30. The second kappa shape index (κ2) is 8.23. The summed E-state index contributed by atoms with van der Waals surface area (Å²) in [5.41, 5.74) is 2.91. The molecule has 0 spiro atoms. The Bertz CT molecular complexity index is 757. The molecule has 1 amide bonds. The van der Waals surface area contributed by atoms with Crippen molar-refractivity contribution < 1.29 is 19.4 Å². The molecule has 0 bridgehead atoms. The highest BCUT2D eigenvalue weighted by molar-refractivity contribution is 5.79. The van der Waals surface area contributed by atoms with Gasteiger partial charge in [-0.15, -0.1) is 0 Å². The van der Waals surface area contributed by atoms with Crippen molar-refractivity contribution in [3.05, 3.63) is 59.2 Å². The number of hydrogen-bond donors (Lipinski definition) is 1. The van der Waals surface area contributed by atoms with Crippen molar-refractivity contribution in [2.24, 2.45) is 0 Å². The van der Waals surface area contributed by atoms with Crippen LogP contribution >= 0.6 is 0 Å². The first kappa shape index (κ1) is 18.3. The van der Waals surface area contributed by atoms with Crippen LogP contribution in [-0.4, -0.2) is 43.2 Å². The van der Waals surface area contributed by atoms with Gasteiger partial charge < -0.3 is 19.5 Å². The predicted molar refractivity (Wildman–Crippen MR) is 99.6 cm³/mol. The molecule has 1 fully saturated rings. The standard InChI is InChI=1S/C21H25NO4/c1-25-18-7-8-20(26-2)19(12-18)17-9-10-22(13-17)21(24)11-15-3-5-16(14-23)6-4-15/h3-8,12,17,23H,9-11,13-14H2,1-2H3/t17-/m0/s1. The fraction of sp³-hybridized carbons (Fsp3) is 0.381. The molecule has 0 radical (unpaired) electrons. The van der Waals surface area contributed by atoms with Crippen molar-refractivity contribution in [3.63, 3.8) is 0 Å².